The molecule has 6 nitrogen and oxygen atoms in total. The third kappa shape index (κ3) is 3.68. The number of hydrogen-bond donors (Lipinski definition) is 2. The fraction of sp³-hybridized carbons (Fsp3) is 0.375. The zero-order valence-electron chi connectivity index (χ0n) is 13.9. The van der Waals surface area contributed by atoms with Crippen LogP contribution in [0.1, 0.15) is 51.6 Å². The number of ketones is 1. The number of amides is 1. The molecule has 24 heavy (non-hydrogen) atoms. The van der Waals surface area contributed by atoms with E-state index in [4.69, 9.17) is 5.26 Å². The second-order valence-electron chi connectivity index (χ2n) is 5.18. The van der Waals surface area contributed by atoms with Crippen molar-refractivity contribution in [3.05, 3.63) is 28.2 Å². The first-order chi connectivity index (χ1) is 11.4. The first-order valence-electron chi connectivity index (χ1n) is 7.39. The van der Waals surface area contributed by atoms with Gasteiger partial charge in [0, 0.05) is 11.3 Å². The Kier molecular flexibility index (Phi) is 5.80. The highest BCUT2D eigenvalue weighted by Gasteiger charge is 2.22. The zero-order chi connectivity index (χ0) is 17.9. The third-order valence-electron chi connectivity index (χ3n) is 3.47. The standard InChI is InChI=1S/C16H18N4O2S2/c1-5-11-12(10(4)21)8(2)18-13(11)14(22)20-16-19-9(3)15(24-16)23-7-6-17/h18H,5,7H2,1-4H3,(H,19,20,22). The summed E-state index contributed by atoms with van der Waals surface area (Å²) in [6.07, 6.45) is 0.585. The minimum Gasteiger partial charge on any atom is -0.354 e. The van der Waals surface area contributed by atoms with Crippen LogP contribution in [0, 0.1) is 25.2 Å². The highest BCUT2D eigenvalue weighted by atomic mass is 32.2. The number of thioether (sulfide) groups is 1. The molecule has 0 aliphatic heterocycles. The van der Waals surface area contributed by atoms with Gasteiger partial charge in [-0.1, -0.05) is 30.0 Å². The fourth-order valence-corrected chi connectivity index (χ4v) is 4.32. The van der Waals surface area contributed by atoms with E-state index in [2.05, 4.69) is 21.4 Å². The molecule has 2 aromatic heterocycles. The van der Waals surface area contributed by atoms with Crippen molar-refractivity contribution in [1.29, 1.82) is 5.26 Å². The first kappa shape index (κ1) is 18.2. The lowest BCUT2D eigenvalue weighted by molar-refractivity contribution is 0.101. The number of nitriles is 1. The van der Waals surface area contributed by atoms with E-state index in [1.165, 1.54) is 30.0 Å². The van der Waals surface area contributed by atoms with E-state index in [-0.39, 0.29) is 11.7 Å². The summed E-state index contributed by atoms with van der Waals surface area (Å²) < 4.78 is 0.912. The highest BCUT2D eigenvalue weighted by Crippen LogP contribution is 2.32. The Morgan fingerprint density at radius 2 is 2.12 bits per heavy atom. The summed E-state index contributed by atoms with van der Waals surface area (Å²) in [4.78, 5) is 31.7. The Hall–Kier alpha value is -2.11. The maximum atomic E-state index is 12.6. The monoisotopic (exact) mass is 362 g/mol. The molecule has 0 aliphatic carbocycles. The lowest BCUT2D eigenvalue weighted by Gasteiger charge is -2.03. The van der Waals surface area contributed by atoms with Gasteiger partial charge in [-0.2, -0.15) is 5.26 Å². The lowest BCUT2D eigenvalue weighted by Crippen LogP contribution is -2.14. The average molecular weight is 362 g/mol. The number of carbonyl (C=O) groups is 2. The SMILES string of the molecule is CCc1c(C(=O)Nc2nc(C)c(SCC#N)s2)[nH]c(C)c1C(C)=O. The van der Waals surface area contributed by atoms with Gasteiger partial charge < -0.3 is 4.98 Å². The second-order valence-corrected chi connectivity index (χ2v) is 7.42. The molecule has 2 rings (SSSR count). The molecule has 0 bridgehead atoms. The Morgan fingerprint density at radius 3 is 2.71 bits per heavy atom. The molecule has 126 valence electrons. The van der Waals surface area contributed by atoms with E-state index in [0.29, 0.717) is 34.3 Å². The molecular formula is C16H18N4O2S2. The summed E-state index contributed by atoms with van der Waals surface area (Å²) in [6.45, 7) is 7.04. The van der Waals surface area contributed by atoms with Gasteiger partial charge in [0.1, 0.15) is 5.69 Å². The van der Waals surface area contributed by atoms with Crippen LogP contribution in [-0.4, -0.2) is 27.4 Å². The number of thiazole rings is 1. The molecule has 0 atom stereocenters. The second kappa shape index (κ2) is 7.64. The van der Waals surface area contributed by atoms with Gasteiger partial charge in [0.15, 0.2) is 10.9 Å². The van der Waals surface area contributed by atoms with Gasteiger partial charge in [0.2, 0.25) is 0 Å². The van der Waals surface area contributed by atoms with Crippen LogP contribution in [0.2, 0.25) is 0 Å². The Labute approximate surface area is 148 Å². The number of rotatable bonds is 6. The van der Waals surface area contributed by atoms with Crippen LogP contribution in [0.25, 0.3) is 0 Å². The van der Waals surface area contributed by atoms with Gasteiger partial charge >= 0.3 is 0 Å². The van der Waals surface area contributed by atoms with Gasteiger partial charge in [-0.3, -0.25) is 14.9 Å². The van der Waals surface area contributed by atoms with Crippen molar-refractivity contribution in [3.63, 3.8) is 0 Å². The number of Topliss-reactive ketones (excluding diaryl/α,β-unsaturated/α-hetero) is 1. The molecule has 0 fully saturated rings. The van der Waals surface area contributed by atoms with Crippen LogP contribution in [0.5, 0.6) is 0 Å². The average Bonchev–Trinajstić information content (AvgIpc) is 3.04. The van der Waals surface area contributed by atoms with Crippen molar-refractivity contribution in [3.8, 4) is 6.07 Å². The van der Waals surface area contributed by atoms with Gasteiger partial charge in [-0.05, 0) is 32.8 Å². The molecule has 0 aliphatic rings. The Bertz CT molecular complexity index is 830. The molecule has 2 heterocycles. The predicted molar refractivity (Wildman–Crippen MR) is 96.1 cm³/mol. The number of aromatic amines is 1. The third-order valence-corrected chi connectivity index (χ3v) is 5.77. The number of aromatic nitrogens is 2. The molecule has 0 radical (unpaired) electrons. The smallest absolute Gasteiger partial charge is 0.274 e. The van der Waals surface area contributed by atoms with Crippen molar-refractivity contribution in [2.24, 2.45) is 0 Å². The molecule has 2 N–H and O–H groups in total. The van der Waals surface area contributed by atoms with Crippen LogP contribution >= 0.6 is 23.1 Å². The molecule has 8 heteroatoms. The molecule has 0 aromatic carbocycles. The van der Waals surface area contributed by atoms with Crippen molar-refractivity contribution >= 4 is 39.9 Å². The topological polar surface area (TPSA) is 98.6 Å². The van der Waals surface area contributed by atoms with Crippen molar-refractivity contribution in [1.82, 2.24) is 9.97 Å². The number of H-pyrrole nitrogens is 1. The normalized spacial score (nSPS) is 10.5. The molecule has 0 saturated carbocycles. The summed E-state index contributed by atoms with van der Waals surface area (Å²) >= 11 is 2.74. The molecule has 2 aromatic rings. The van der Waals surface area contributed by atoms with Crippen LogP contribution in [-0.2, 0) is 6.42 Å². The van der Waals surface area contributed by atoms with E-state index in [9.17, 15) is 9.59 Å². The summed E-state index contributed by atoms with van der Waals surface area (Å²) in [6, 6.07) is 2.07. The van der Waals surface area contributed by atoms with Gasteiger partial charge in [-0.25, -0.2) is 4.98 Å². The van der Waals surface area contributed by atoms with Gasteiger partial charge in [0.05, 0.1) is 21.7 Å². The summed E-state index contributed by atoms with van der Waals surface area (Å²) in [5, 5.41) is 11.9. The number of hydrogen-bond acceptors (Lipinski definition) is 6. The maximum absolute atomic E-state index is 12.6. The van der Waals surface area contributed by atoms with Crippen molar-refractivity contribution in [2.75, 3.05) is 11.1 Å². The minimum atomic E-state index is -0.312. The van der Waals surface area contributed by atoms with Crippen molar-refractivity contribution < 1.29 is 9.59 Å². The van der Waals surface area contributed by atoms with E-state index in [1.54, 1.807) is 6.92 Å². The number of aryl methyl sites for hydroxylation is 2. The lowest BCUT2D eigenvalue weighted by atomic mass is 10.0. The number of anilines is 1. The van der Waals surface area contributed by atoms with E-state index < -0.39 is 0 Å². The maximum Gasteiger partial charge on any atom is 0.274 e. The predicted octanol–water partition coefficient (Wildman–Crippen LogP) is 3.72. The van der Waals surface area contributed by atoms with E-state index in [0.717, 1.165) is 15.5 Å². The van der Waals surface area contributed by atoms with Crippen LogP contribution in [0.3, 0.4) is 0 Å². The summed E-state index contributed by atoms with van der Waals surface area (Å²) in [7, 11) is 0. The fourth-order valence-electron chi connectivity index (χ4n) is 2.53. The van der Waals surface area contributed by atoms with Crippen LogP contribution < -0.4 is 5.32 Å². The number of nitrogens with one attached hydrogen (secondary N) is 2. The molecule has 0 spiro atoms. The van der Waals surface area contributed by atoms with Crippen LogP contribution in [0.4, 0.5) is 5.13 Å². The Morgan fingerprint density at radius 1 is 1.42 bits per heavy atom. The number of nitrogens with zero attached hydrogens (tertiary/aromatic N) is 2. The quantitative estimate of drug-likeness (QED) is 0.603. The molecule has 0 unspecified atom stereocenters. The molecular weight excluding hydrogens is 344 g/mol. The molecule has 0 saturated heterocycles. The van der Waals surface area contributed by atoms with Gasteiger partial charge in [0.25, 0.3) is 5.91 Å². The summed E-state index contributed by atoms with van der Waals surface area (Å²) in [5.74, 6) is -0.0262. The summed E-state index contributed by atoms with van der Waals surface area (Å²) in [5.41, 5.74) is 3.20. The zero-order valence-corrected chi connectivity index (χ0v) is 15.6. The minimum absolute atomic E-state index is 0.0556. The number of carbonyl (C=O) groups excluding carboxylic acids is 2. The largest absolute Gasteiger partial charge is 0.354 e. The van der Waals surface area contributed by atoms with E-state index >= 15 is 0 Å². The van der Waals surface area contributed by atoms with Gasteiger partial charge in [-0.15, -0.1) is 0 Å². The highest BCUT2D eigenvalue weighted by molar-refractivity contribution is 8.01. The van der Waals surface area contributed by atoms with Crippen LogP contribution in [0.15, 0.2) is 4.21 Å². The first-order valence-corrected chi connectivity index (χ1v) is 9.20. The Balaban J connectivity index is 2.26. The van der Waals surface area contributed by atoms with E-state index in [1.807, 2.05) is 13.8 Å². The molecule has 1 amide bonds. The van der Waals surface area contributed by atoms with Crippen molar-refractivity contribution in [2.45, 2.75) is 38.3 Å².